The van der Waals surface area contributed by atoms with Gasteiger partial charge in [0.15, 0.2) is 9.84 Å². The highest BCUT2D eigenvalue weighted by Crippen LogP contribution is 2.15. The highest BCUT2D eigenvalue weighted by Gasteiger charge is 2.28. The zero-order chi connectivity index (χ0) is 15.5. The second kappa shape index (κ2) is 6.70. The van der Waals surface area contributed by atoms with E-state index in [1.165, 1.54) is 0 Å². The van der Waals surface area contributed by atoms with E-state index >= 15 is 0 Å². The summed E-state index contributed by atoms with van der Waals surface area (Å²) in [6.07, 6.45) is 1.04. The Bertz CT molecular complexity index is 589. The summed E-state index contributed by atoms with van der Waals surface area (Å²) in [5.74, 6) is 2.04. The minimum absolute atomic E-state index is 0.0138. The lowest BCUT2D eigenvalue weighted by molar-refractivity contribution is 0.212. The molecule has 7 heteroatoms. The molecular weight excluding hydrogens is 288 g/mol. The van der Waals surface area contributed by atoms with Gasteiger partial charge in [-0.3, -0.25) is 4.90 Å². The van der Waals surface area contributed by atoms with Crippen LogP contribution in [0.25, 0.3) is 0 Å². The Kier molecular flexibility index (Phi) is 5.16. The van der Waals surface area contributed by atoms with Gasteiger partial charge in [0.1, 0.15) is 11.6 Å². The van der Waals surface area contributed by atoms with E-state index < -0.39 is 9.84 Å². The predicted molar refractivity (Wildman–Crippen MR) is 84.1 cm³/mol. The first-order valence-electron chi connectivity index (χ1n) is 7.42. The molecule has 1 N–H and O–H groups in total. The number of anilines is 1. The van der Waals surface area contributed by atoms with Gasteiger partial charge in [-0.1, -0.05) is 6.92 Å². The Hall–Kier alpha value is -1.21. The first-order valence-corrected chi connectivity index (χ1v) is 9.24. The van der Waals surface area contributed by atoms with Crippen molar-refractivity contribution in [3.63, 3.8) is 0 Å². The Balaban J connectivity index is 2.07. The maximum Gasteiger partial charge on any atom is 0.153 e. The molecule has 2 rings (SSSR count). The van der Waals surface area contributed by atoms with Crippen molar-refractivity contribution in [2.45, 2.75) is 39.8 Å². The third-order valence-corrected chi connectivity index (χ3v) is 5.40. The van der Waals surface area contributed by atoms with Crippen LogP contribution < -0.4 is 5.32 Å². The molecule has 1 unspecified atom stereocenters. The van der Waals surface area contributed by atoms with Crippen molar-refractivity contribution in [1.82, 2.24) is 14.9 Å². The van der Waals surface area contributed by atoms with Crippen LogP contribution in [-0.4, -0.2) is 53.9 Å². The summed E-state index contributed by atoms with van der Waals surface area (Å²) in [5, 5.41) is 3.27. The molecule has 1 atom stereocenters. The number of nitrogens with one attached hydrogen (secondary N) is 1. The van der Waals surface area contributed by atoms with Crippen LogP contribution in [0.5, 0.6) is 0 Å². The van der Waals surface area contributed by atoms with Crippen LogP contribution in [0.4, 0.5) is 5.82 Å². The Morgan fingerprint density at radius 1 is 1.43 bits per heavy atom. The van der Waals surface area contributed by atoms with E-state index in [1.807, 2.05) is 19.9 Å². The SMILES string of the molecule is CCCNc1cc(C)nc(CN2CCS(=O)(=O)CC2C)n1. The third kappa shape index (κ3) is 4.64. The van der Waals surface area contributed by atoms with Gasteiger partial charge in [0.25, 0.3) is 0 Å². The van der Waals surface area contributed by atoms with E-state index in [9.17, 15) is 8.42 Å². The quantitative estimate of drug-likeness (QED) is 0.881. The average molecular weight is 312 g/mol. The molecule has 0 amide bonds. The first-order chi connectivity index (χ1) is 9.89. The minimum Gasteiger partial charge on any atom is -0.370 e. The Labute approximate surface area is 126 Å². The van der Waals surface area contributed by atoms with E-state index in [-0.39, 0.29) is 17.5 Å². The molecular formula is C14H24N4O2S. The number of nitrogens with zero attached hydrogens (tertiary/aromatic N) is 3. The molecule has 1 aromatic rings. The second-order valence-electron chi connectivity index (χ2n) is 5.67. The Morgan fingerprint density at radius 2 is 2.19 bits per heavy atom. The molecule has 1 saturated heterocycles. The summed E-state index contributed by atoms with van der Waals surface area (Å²) < 4.78 is 23.2. The van der Waals surface area contributed by atoms with Crippen LogP contribution in [0.15, 0.2) is 6.07 Å². The maximum atomic E-state index is 11.6. The van der Waals surface area contributed by atoms with E-state index in [2.05, 4.69) is 27.1 Å². The molecule has 0 aromatic carbocycles. The summed E-state index contributed by atoms with van der Waals surface area (Å²) in [6.45, 7) is 8.04. The van der Waals surface area contributed by atoms with Gasteiger partial charge in [0.05, 0.1) is 18.1 Å². The van der Waals surface area contributed by atoms with E-state index in [4.69, 9.17) is 0 Å². The molecule has 118 valence electrons. The van der Waals surface area contributed by atoms with Gasteiger partial charge in [-0.15, -0.1) is 0 Å². The average Bonchev–Trinajstić information content (AvgIpc) is 2.38. The largest absolute Gasteiger partial charge is 0.370 e. The second-order valence-corrected chi connectivity index (χ2v) is 7.90. The van der Waals surface area contributed by atoms with Crippen LogP contribution in [-0.2, 0) is 16.4 Å². The molecule has 1 aliphatic rings. The summed E-state index contributed by atoms with van der Waals surface area (Å²) in [7, 11) is -2.88. The predicted octanol–water partition coefficient (Wildman–Crippen LogP) is 1.23. The van der Waals surface area contributed by atoms with E-state index in [0.717, 1.165) is 30.3 Å². The summed E-state index contributed by atoms with van der Waals surface area (Å²) in [5.41, 5.74) is 0.927. The molecule has 1 aliphatic heterocycles. The van der Waals surface area contributed by atoms with Crippen molar-refractivity contribution in [3.05, 3.63) is 17.6 Å². The van der Waals surface area contributed by atoms with Gasteiger partial charge >= 0.3 is 0 Å². The lowest BCUT2D eigenvalue weighted by Crippen LogP contribution is -2.46. The van der Waals surface area contributed by atoms with Crippen LogP contribution in [0, 0.1) is 6.92 Å². The molecule has 0 aliphatic carbocycles. The van der Waals surface area contributed by atoms with Crippen molar-refractivity contribution in [2.75, 3.05) is 29.9 Å². The maximum absolute atomic E-state index is 11.6. The van der Waals surface area contributed by atoms with Gasteiger partial charge < -0.3 is 5.32 Å². The molecule has 1 fully saturated rings. The molecule has 0 saturated carbocycles. The molecule has 1 aromatic heterocycles. The lowest BCUT2D eigenvalue weighted by atomic mass is 10.3. The summed E-state index contributed by atoms with van der Waals surface area (Å²) in [4.78, 5) is 11.1. The van der Waals surface area contributed by atoms with Gasteiger partial charge in [-0.05, 0) is 20.3 Å². The van der Waals surface area contributed by atoms with Crippen molar-refractivity contribution in [1.29, 1.82) is 0 Å². The molecule has 0 bridgehead atoms. The number of hydrogen-bond donors (Lipinski definition) is 1. The standard InChI is InChI=1S/C14H24N4O2S/c1-4-5-15-13-8-11(2)16-14(17-13)9-18-6-7-21(19,20)10-12(18)3/h8,12H,4-7,9-10H2,1-3H3,(H,15,16,17). The van der Waals surface area contributed by atoms with Crippen LogP contribution in [0.3, 0.4) is 0 Å². The highest BCUT2D eigenvalue weighted by atomic mass is 32.2. The van der Waals surface area contributed by atoms with Gasteiger partial charge in [-0.2, -0.15) is 0 Å². The van der Waals surface area contributed by atoms with Gasteiger partial charge in [0, 0.05) is 30.9 Å². The highest BCUT2D eigenvalue weighted by molar-refractivity contribution is 7.91. The van der Waals surface area contributed by atoms with Crippen LogP contribution >= 0.6 is 0 Å². The van der Waals surface area contributed by atoms with Crippen LogP contribution in [0.2, 0.25) is 0 Å². The Morgan fingerprint density at radius 3 is 2.86 bits per heavy atom. The number of aromatic nitrogens is 2. The first kappa shape index (κ1) is 16.2. The summed E-state index contributed by atoms with van der Waals surface area (Å²) in [6, 6.07) is 1.95. The molecule has 21 heavy (non-hydrogen) atoms. The molecule has 6 nitrogen and oxygen atoms in total. The fourth-order valence-electron chi connectivity index (χ4n) is 2.49. The zero-order valence-corrected chi connectivity index (χ0v) is 13.8. The normalized spacial score (nSPS) is 22.1. The van der Waals surface area contributed by atoms with Gasteiger partial charge in [0.2, 0.25) is 0 Å². The minimum atomic E-state index is -2.88. The molecule has 0 spiro atoms. The smallest absolute Gasteiger partial charge is 0.153 e. The number of rotatable bonds is 5. The number of hydrogen-bond acceptors (Lipinski definition) is 6. The topological polar surface area (TPSA) is 75.2 Å². The van der Waals surface area contributed by atoms with Crippen molar-refractivity contribution >= 4 is 15.7 Å². The number of sulfone groups is 1. The van der Waals surface area contributed by atoms with E-state index in [1.54, 1.807) is 0 Å². The van der Waals surface area contributed by atoms with Crippen molar-refractivity contribution in [2.24, 2.45) is 0 Å². The van der Waals surface area contributed by atoms with E-state index in [0.29, 0.717) is 13.1 Å². The monoisotopic (exact) mass is 312 g/mol. The number of aryl methyl sites for hydroxylation is 1. The lowest BCUT2D eigenvalue weighted by Gasteiger charge is -2.32. The fourth-order valence-corrected chi connectivity index (χ4v) is 4.12. The summed E-state index contributed by atoms with van der Waals surface area (Å²) >= 11 is 0. The molecule has 2 heterocycles. The van der Waals surface area contributed by atoms with Gasteiger partial charge in [-0.25, -0.2) is 18.4 Å². The fraction of sp³-hybridized carbons (Fsp3) is 0.714. The third-order valence-electron chi connectivity index (χ3n) is 3.61. The van der Waals surface area contributed by atoms with Crippen molar-refractivity contribution < 1.29 is 8.42 Å². The molecule has 0 radical (unpaired) electrons. The van der Waals surface area contributed by atoms with Crippen LogP contribution in [0.1, 0.15) is 31.8 Å². The zero-order valence-electron chi connectivity index (χ0n) is 13.0. The van der Waals surface area contributed by atoms with Crippen molar-refractivity contribution in [3.8, 4) is 0 Å².